The highest BCUT2D eigenvalue weighted by molar-refractivity contribution is 5.53. The van der Waals surface area contributed by atoms with Gasteiger partial charge in [-0.05, 0) is 25.0 Å². The molecule has 0 aromatic heterocycles. The van der Waals surface area contributed by atoms with Crippen LogP contribution in [-0.2, 0) is 11.3 Å². The molecule has 0 aliphatic rings. The van der Waals surface area contributed by atoms with Crippen LogP contribution in [0.1, 0.15) is 18.9 Å². The molecule has 0 fully saturated rings. The van der Waals surface area contributed by atoms with Crippen molar-refractivity contribution in [3.8, 4) is 0 Å². The van der Waals surface area contributed by atoms with E-state index in [1.165, 1.54) is 11.3 Å². The first-order valence-corrected chi connectivity index (χ1v) is 5.70. The Morgan fingerprint density at radius 1 is 1.38 bits per heavy atom. The molecule has 0 amide bonds. The summed E-state index contributed by atoms with van der Waals surface area (Å²) in [5.41, 5.74) is 8.14. The minimum absolute atomic E-state index is 0.452. The van der Waals surface area contributed by atoms with E-state index in [-0.39, 0.29) is 0 Å². The summed E-state index contributed by atoms with van der Waals surface area (Å²) in [6.45, 7) is 3.57. The predicted molar refractivity (Wildman–Crippen MR) is 68.7 cm³/mol. The van der Waals surface area contributed by atoms with Gasteiger partial charge in [0.15, 0.2) is 0 Å². The number of hydrogen-bond donors (Lipinski definition) is 1. The summed E-state index contributed by atoms with van der Waals surface area (Å²) in [6.07, 6.45) is 1.02. The lowest BCUT2D eigenvalue weighted by atomic mass is 10.1. The van der Waals surface area contributed by atoms with Crippen molar-refractivity contribution in [1.82, 2.24) is 0 Å². The second kappa shape index (κ2) is 6.51. The highest BCUT2D eigenvalue weighted by Crippen LogP contribution is 2.21. The lowest BCUT2D eigenvalue weighted by molar-refractivity contribution is 0.189. The van der Waals surface area contributed by atoms with E-state index in [9.17, 15) is 0 Å². The van der Waals surface area contributed by atoms with Gasteiger partial charge >= 0.3 is 0 Å². The van der Waals surface area contributed by atoms with Gasteiger partial charge in [0.1, 0.15) is 0 Å². The largest absolute Gasteiger partial charge is 0.385 e. The first kappa shape index (κ1) is 13.0. The maximum absolute atomic E-state index is 5.74. The standard InChI is InChI=1S/C13H22N2O/c1-11(8-9-16-3)15(2)13-7-5-4-6-12(13)10-14/h4-7,11H,8-10,14H2,1-3H3. The van der Waals surface area contributed by atoms with E-state index in [0.717, 1.165) is 13.0 Å². The van der Waals surface area contributed by atoms with Gasteiger partial charge in [0.05, 0.1) is 0 Å². The molecule has 2 N–H and O–H groups in total. The highest BCUT2D eigenvalue weighted by atomic mass is 16.5. The molecule has 1 unspecified atom stereocenters. The molecule has 1 rings (SSSR count). The van der Waals surface area contributed by atoms with E-state index in [4.69, 9.17) is 10.5 Å². The predicted octanol–water partition coefficient (Wildman–Crippen LogP) is 2.01. The number of rotatable bonds is 6. The molecule has 90 valence electrons. The molecule has 3 nitrogen and oxygen atoms in total. The van der Waals surface area contributed by atoms with E-state index in [2.05, 4.69) is 31.0 Å². The van der Waals surface area contributed by atoms with E-state index in [1.54, 1.807) is 7.11 Å². The SMILES string of the molecule is COCCC(C)N(C)c1ccccc1CN. The average molecular weight is 222 g/mol. The fraction of sp³-hybridized carbons (Fsp3) is 0.538. The highest BCUT2D eigenvalue weighted by Gasteiger charge is 2.12. The van der Waals surface area contributed by atoms with Crippen LogP contribution in [0.2, 0.25) is 0 Å². The fourth-order valence-electron chi connectivity index (χ4n) is 1.75. The number of ether oxygens (including phenoxy) is 1. The van der Waals surface area contributed by atoms with E-state index in [1.807, 2.05) is 12.1 Å². The molecule has 0 bridgehead atoms. The molecule has 1 aromatic rings. The maximum Gasteiger partial charge on any atom is 0.0481 e. The summed E-state index contributed by atoms with van der Waals surface area (Å²) < 4.78 is 5.10. The molecule has 16 heavy (non-hydrogen) atoms. The maximum atomic E-state index is 5.74. The zero-order valence-corrected chi connectivity index (χ0v) is 10.4. The third kappa shape index (κ3) is 3.22. The Hall–Kier alpha value is -1.06. The molecule has 3 heteroatoms. The Balaban J connectivity index is 2.74. The number of para-hydroxylation sites is 1. The number of nitrogens with two attached hydrogens (primary N) is 1. The molecule has 0 spiro atoms. The van der Waals surface area contributed by atoms with Gasteiger partial charge in [-0.25, -0.2) is 0 Å². The number of benzene rings is 1. The fourth-order valence-corrected chi connectivity index (χ4v) is 1.75. The van der Waals surface area contributed by atoms with Gasteiger partial charge in [-0.1, -0.05) is 18.2 Å². The summed E-state index contributed by atoms with van der Waals surface area (Å²) in [4.78, 5) is 2.27. The van der Waals surface area contributed by atoms with Crippen molar-refractivity contribution in [1.29, 1.82) is 0 Å². The third-order valence-corrected chi connectivity index (χ3v) is 2.99. The van der Waals surface area contributed by atoms with Gasteiger partial charge in [0.25, 0.3) is 0 Å². The summed E-state index contributed by atoms with van der Waals surface area (Å²) in [6, 6.07) is 8.72. The van der Waals surface area contributed by atoms with Crippen LogP contribution in [0.25, 0.3) is 0 Å². The molecule has 0 aliphatic carbocycles. The van der Waals surface area contributed by atoms with Crippen molar-refractivity contribution in [2.75, 3.05) is 25.7 Å². The van der Waals surface area contributed by atoms with Crippen molar-refractivity contribution >= 4 is 5.69 Å². The topological polar surface area (TPSA) is 38.5 Å². The molecule has 0 saturated carbocycles. The molecule has 1 atom stereocenters. The van der Waals surface area contributed by atoms with Gasteiger partial charge in [-0.15, -0.1) is 0 Å². The van der Waals surface area contributed by atoms with Crippen LogP contribution in [0.5, 0.6) is 0 Å². The van der Waals surface area contributed by atoms with Crippen molar-refractivity contribution in [3.63, 3.8) is 0 Å². The van der Waals surface area contributed by atoms with Gasteiger partial charge < -0.3 is 15.4 Å². The normalized spacial score (nSPS) is 12.5. The Bertz CT molecular complexity index is 315. The lowest BCUT2D eigenvalue weighted by Gasteiger charge is -2.28. The first-order chi connectivity index (χ1) is 7.70. The van der Waals surface area contributed by atoms with Crippen molar-refractivity contribution < 1.29 is 4.74 Å². The lowest BCUT2D eigenvalue weighted by Crippen LogP contribution is -2.30. The minimum Gasteiger partial charge on any atom is -0.385 e. The molecule has 0 saturated heterocycles. The van der Waals surface area contributed by atoms with Crippen LogP contribution in [0.4, 0.5) is 5.69 Å². The zero-order chi connectivity index (χ0) is 12.0. The van der Waals surface area contributed by atoms with Crippen molar-refractivity contribution in [3.05, 3.63) is 29.8 Å². The molecular formula is C13H22N2O. The Morgan fingerprint density at radius 3 is 2.69 bits per heavy atom. The van der Waals surface area contributed by atoms with Gasteiger partial charge in [-0.2, -0.15) is 0 Å². The summed E-state index contributed by atoms with van der Waals surface area (Å²) >= 11 is 0. The first-order valence-electron chi connectivity index (χ1n) is 5.70. The second-order valence-electron chi connectivity index (χ2n) is 4.07. The van der Waals surface area contributed by atoms with Crippen LogP contribution in [-0.4, -0.2) is 26.8 Å². The number of methoxy groups -OCH3 is 1. The summed E-state index contributed by atoms with van der Waals surface area (Å²) in [5.74, 6) is 0. The van der Waals surface area contributed by atoms with E-state index >= 15 is 0 Å². The van der Waals surface area contributed by atoms with Crippen molar-refractivity contribution in [2.24, 2.45) is 5.73 Å². The van der Waals surface area contributed by atoms with Crippen LogP contribution < -0.4 is 10.6 Å². The number of nitrogens with zero attached hydrogens (tertiary/aromatic N) is 1. The van der Waals surface area contributed by atoms with Gasteiger partial charge in [-0.3, -0.25) is 0 Å². The smallest absolute Gasteiger partial charge is 0.0481 e. The van der Waals surface area contributed by atoms with Crippen molar-refractivity contribution in [2.45, 2.75) is 25.9 Å². The molecular weight excluding hydrogens is 200 g/mol. The van der Waals surface area contributed by atoms with Crippen LogP contribution in [0.15, 0.2) is 24.3 Å². The zero-order valence-electron chi connectivity index (χ0n) is 10.4. The summed E-state index contributed by atoms with van der Waals surface area (Å²) in [7, 11) is 3.84. The average Bonchev–Trinajstić information content (AvgIpc) is 2.34. The Labute approximate surface area is 98.2 Å². The Kier molecular flexibility index (Phi) is 5.29. The number of anilines is 1. The van der Waals surface area contributed by atoms with Gasteiger partial charge in [0, 0.05) is 39.0 Å². The monoisotopic (exact) mass is 222 g/mol. The molecule has 1 aromatic carbocycles. The van der Waals surface area contributed by atoms with Gasteiger partial charge in [0.2, 0.25) is 0 Å². The summed E-state index contributed by atoms with van der Waals surface area (Å²) in [5, 5.41) is 0. The van der Waals surface area contributed by atoms with Crippen LogP contribution in [0, 0.1) is 0 Å². The van der Waals surface area contributed by atoms with E-state index in [0.29, 0.717) is 12.6 Å². The van der Waals surface area contributed by atoms with Crippen LogP contribution >= 0.6 is 0 Å². The molecule has 0 aliphatic heterocycles. The second-order valence-corrected chi connectivity index (χ2v) is 4.07. The quantitative estimate of drug-likeness (QED) is 0.800. The third-order valence-electron chi connectivity index (χ3n) is 2.99. The number of hydrogen-bond acceptors (Lipinski definition) is 3. The minimum atomic E-state index is 0.452. The molecule has 0 heterocycles. The van der Waals surface area contributed by atoms with Crippen LogP contribution in [0.3, 0.4) is 0 Å². The Morgan fingerprint density at radius 2 is 2.06 bits per heavy atom. The molecule has 0 radical (unpaired) electrons. The van der Waals surface area contributed by atoms with E-state index < -0.39 is 0 Å².